The first-order valence-corrected chi connectivity index (χ1v) is 19.3. The van der Waals surface area contributed by atoms with Crippen molar-refractivity contribution in [3.05, 3.63) is 121 Å². The molecular weight excluding hydrogens is 635 g/mol. The molecule has 4 aromatic rings. The minimum atomic E-state index is -4.69. The summed E-state index contributed by atoms with van der Waals surface area (Å²) in [7, 11) is -7.69. The summed E-state index contributed by atoms with van der Waals surface area (Å²) in [5.41, 5.74) is 0. The Bertz CT molecular complexity index is 1520. The second-order valence-electron chi connectivity index (χ2n) is 13.8. The predicted octanol–water partition coefficient (Wildman–Crippen LogP) is 4.34. The van der Waals surface area contributed by atoms with E-state index in [1.165, 1.54) is 0 Å². The number of rotatable bonds is 12. The number of carbonyl (C=O) groups is 1. The van der Waals surface area contributed by atoms with Crippen molar-refractivity contribution in [1.82, 2.24) is 0 Å². The van der Waals surface area contributed by atoms with Gasteiger partial charge in [0.1, 0.15) is 0 Å². The van der Waals surface area contributed by atoms with Gasteiger partial charge >= 0.3 is 5.92 Å². The molecule has 6 nitrogen and oxygen atoms in total. The van der Waals surface area contributed by atoms with Gasteiger partial charge in [0.05, 0.1) is 0 Å². The van der Waals surface area contributed by atoms with Crippen LogP contribution in [0.3, 0.4) is 0 Å². The molecule has 0 bridgehead atoms. The maximum Gasteiger partial charge on any atom is 0.356 e. The van der Waals surface area contributed by atoms with Gasteiger partial charge in [-0.3, -0.25) is 4.79 Å². The second-order valence-corrected chi connectivity index (χ2v) is 22.3. The zero-order chi connectivity index (χ0) is 34.7. The quantitative estimate of drug-likeness (QED) is 0.117. The van der Waals surface area contributed by atoms with Crippen LogP contribution in [-0.2, 0) is 13.6 Å². The summed E-state index contributed by atoms with van der Waals surface area (Å²) in [5, 5.41) is 36.4. The zero-order valence-corrected chi connectivity index (χ0v) is 29.6. The molecule has 0 saturated carbocycles. The lowest BCUT2D eigenvalue weighted by atomic mass is 10.0. The predicted molar refractivity (Wildman–Crippen MR) is 185 cm³/mol. The van der Waals surface area contributed by atoms with Gasteiger partial charge in [-0.25, -0.2) is 0 Å². The third-order valence-corrected chi connectivity index (χ3v) is 18.8. The number of alkyl halides is 2. The topological polar surface area (TPSA) is 96.2 Å². The lowest BCUT2D eigenvalue weighted by molar-refractivity contribution is -0.332. The van der Waals surface area contributed by atoms with E-state index in [9.17, 15) is 20.1 Å². The molecule has 0 fully saturated rings. The fraction of sp³-hybridized carbons (Fsp3) is 0.324. The van der Waals surface area contributed by atoms with E-state index in [4.69, 9.17) is 8.85 Å². The number of hydrogen-bond donors (Lipinski definition) is 3. The molecule has 0 spiro atoms. The van der Waals surface area contributed by atoms with E-state index in [0.29, 0.717) is 20.7 Å². The Hall–Kier alpha value is -3.36. The highest BCUT2D eigenvalue weighted by Crippen LogP contribution is 2.45. The molecule has 4 aromatic carbocycles. The SMILES string of the molecule is CC(C)(C)[Si](OC(O)[C@@H](O)[C@](O)(O[Si](c1ccccc1)(c1ccccc1)C(C)(C)C)C(F)(F)C=O)(c1ccccc1)c1ccccc1. The van der Waals surface area contributed by atoms with E-state index in [1.807, 2.05) is 57.2 Å². The van der Waals surface area contributed by atoms with Crippen LogP contribution >= 0.6 is 0 Å². The van der Waals surface area contributed by atoms with Crippen LogP contribution in [0.2, 0.25) is 10.1 Å². The number of halogens is 2. The molecule has 0 amide bonds. The molecule has 1 unspecified atom stereocenters. The average Bonchev–Trinajstić information content (AvgIpc) is 3.05. The highest BCUT2D eigenvalue weighted by Gasteiger charge is 2.68. The van der Waals surface area contributed by atoms with Crippen LogP contribution in [0.1, 0.15) is 41.5 Å². The van der Waals surface area contributed by atoms with Crippen molar-refractivity contribution in [2.45, 2.75) is 75.7 Å². The lowest BCUT2D eigenvalue weighted by Gasteiger charge is -2.51. The number of aliphatic hydroxyl groups is 3. The first kappa shape index (κ1) is 36.5. The Morgan fingerprint density at radius 1 is 0.596 bits per heavy atom. The normalized spacial score (nSPS) is 15.8. The van der Waals surface area contributed by atoms with Crippen LogP contribution in [-0.4, -0.2) is 62.3 Å². The fourth-order valence-electron chi connectivity index (χ4n) is 6.42. The van der Waals surface area contributed by atoms with Crippen molar-refractivity contribution in [2.24, 2.45) is 0 Å². The molecule has 0 aromatic heterocycles. The molecule has 10 heteroatoms. The number of aliphatic hydroxyl groups excluding tert-OH is 2. The minimum Gasteiger partial charge on any atom is -0.382 e. The fourth-order valence-corrected chi connectivity index (χ4v) is 15.6. The molecular formula is C37H44F2O6Si2. The van der Waals surface area contributed by atoms with Crippen molar-refractivity contribution in [2.75, 3.05) is 0 Å². The van der Waals surface area contributed by atoms with E-state index in [0.717, 1.165) is 0 Å². The Balaban J connectivity index is 1.96. The Morgan fingerprint density at radius 2 is 0.894 bits per heavy atom. The van der Waals surface area contributed by atoms with E-state index < -0.39 is 57.1 Å². The van der Waals surface area contributed by atoms with Crippen LogP contribution < -0.4 is 20.7 Å². The van der Waals surface area contributed by atoms with Gasteiger partial charge < -0.3 is 24.2 Å². The number of hydrogen-bond acceptors (Lipinski definition) is 6. The van der Waals surface area contributed by atoms with Gasteiger partial charge in [0.25, 0.3) is 22.4 Å². The van der Waals surface area contributed by atoms with Gasteiger partial charge in [0, 0.05) is 0 Å². The standard InChI is InChI=1S/C37H44F2O6Si2/c1-34(2,3)46(28-19-11-7-12-20-28,29-21-13-8-14-22-29)44-33(42)32(41)37(43,36(38,39)27-40)45-47(35(4,5)6,30-23-15-9-16-24-30)31-25-17-10-18-26-31/h7-27,32-33,41-43H,1-6H3/t32-,33?,37+/m1/s1. The Kier molecular flexibility index (Phi) is 10.6. The molecule has 0 aliphatic heterocycles. The van der Waals surface area contributed by atoms with Crippen molar-refractivity contribution >= 4 is 43.7 Å². The smallest absolute Gasteiger partial charge is 0.356 e. The van der Waals surface area contributed by atoms with Gasteiger partial charge in [-0.2, -0.15) is 8.78 Å². The van der Waals surface area contributed by atoms with Gasteiger partial charge in [-0.1, -0.05) is 163 Å². The molecule has 3 N–H and O–H groups in total. The van der Waals surface area contributed by atoms with Crippen LogP contribution in [0.5, 0.6) is 0 Å². The van der Waals surface area contributed by atoms with Crippen LogP contribution in [0, 0.1) is 0 Å². The minimum absolute atomic E-state index is 0.508. The average molecular weight is 679 g/mol. The largest absolute Gasteiger partial charge is 0.382 e. The molecule has 0 saturated heterocycles. The molecule has 4 rings (SSSR count). The summed E-state index contributed by atoms with van der Waals surface area (Å²) in [6.45, 7) is 11.1. The third-order valence-electron chi connectivity index (χ3n) is 8.74. The number of aldehydes is 1. The van der Waals surface area contributed by atoms with Crippen LogP contribution in [0.4, 0.5) is 8.78 Å². The molecule has 0 heterocycles. The molecule has 3 atom stereocenters. The summed E-state index contributed by atoms with van der Waals surface area (Å²) in [6, 6.07) is 35.5. The molecule has 250 valence electrons. The second kappa shape index (κ2) is 13.6. The van der Waals surface area contributed by atoms with Gasteiger partial charge in [0.2, 0.25) is 0 Å². The first-order chi connectivity index (χ1) is 22.0. The van der Waals surface area contributed by atoms with Crippen LogP contribution in [0.25, 0.3) is 0 Å². The van der Waals surface area contributed by atoms with Crippen molar-refractivity contribution in [3.8, 4) is 0 Å². The summed E-state index contributed by atoms with van der Waals surface area (Å²) in [6.07, 6.45) is -5.98. The van der Waals surface area contributed by atoms with Gasteiger partial charge in [0.15, 0.2) is 18.7 Å². The molecule has 0 radical (unpaired) electrons. The van der Waals surface area contributed by atoms with Crippen molar-refractivity contribution < 1.29 is 37.7 Å². The first-order valence-electron chi connectivity index (χ1n) is 15.5. The summed E-state index contributed by atoms with van der Waals surface area (Å²) in [5.74, 6) is -8.61. The molecule has 0 aliphatic carbocycles. The van der Waals surface area contributed by atoms with Crippen molar-refractivity contribution in [3.63, 3.8) is 0 Å². The monoisotopic (exact) mass is 678 g/mol. The molecule has 0 aliphatic rings. The van der Waals surface area contributed by atoms with Crippen LogP contribution in [0.15, 0.2) is 121 Å². The van der Waals surface area contributed by atoms with E-state index in [-0.39, 0.29) is 0 Å². The summed E-state index contributed by atoms with van der Waals surface area (Å²) >= 11 is 0. The maximum absolute atomic E-state index is 16.0. The van der Waals surface area contributed by atoms with E-state index in [2.05, 4.69) is 0 Å². The summed E-state index contributed by atoms with van der Waals surface area (Å²) in [4.78, 5) is 12.1. The zero-order valence-electron chi connectivity index (χ0n) is 27.6. The van der Waals surface area contributed by atoms with E-state index >= 15 is 8.78 Å². The number of carbonyl (C=O) groups excluding carboxylic acids is 1. The highest BCUT2D eigenvalue weighted by molar-refractivity contribution is 7.00. The van der Waals surface area contributed by atoms with E-state index in [1.54, 1.807) is 106 Å². The maximum atomic E-state index is 16.0. The van der Waals surface area contributed by atoms with Crippen molar-refractivity contribution in [1.29, 1.82) is 0 Å². The van der Waals surface area contributed by atoms with Gasteiger partial charge in [-0.05, 0) is 30.8 Å². The molecule has 47 heavy (non-hydrogen) atoms. The highest BCUT2D eigenvalue weighted by atomic mass is 28.4. The lowest BCUT2D eigenvalue weighted by Crippen LogP contribution is -2.76. The van der Waals surface area contributed by atoms with Gasteiger partial charge in [-0.15, -0.1) is 0 Å². The Morgan fingerprint density at radius 3 is 1.17 bits per heavy atom. The third kappa shape index (κ3) is 6.56. The Labute approximate surface area is 277 Å². The number of benzene rings is 4. The summed E-state index contributed by atoms with van der Waals surface area (Å²) < 4.78 is 44.9.